The van der Waals surface area contributed by atoms with E-state index >= 15 is 0 Å². The van der Waals surface area contributed by atoms with E-state index in [0.717, 1.165) is 5.69 Å². The summed E-state index contributed by atoms with van der Waals surface area (Å²) >= 11 is 0. The Kier molecular flexibility index (Phi) is 6.40. The molecule has 3 aromatic carbocycles. The van der Waals surface area contributed by atoms with Crippen LogP contribution >= 0.6 is 0 Å². The van der Waals surface area contributed by atoms with Crippen molar-refractivity contribution in [3.8, 4) is 0 Å². The van der Waals surface area contributed by atoms with Crippen LogP contribution in [0.3, 0.4) is 0 Å². The average Bonchev–Trinajstić information content (AvgIpc) is 2.84. The largest absolute Gasteiger partial charge is 0.545 e. The summed E-state index contributed by atoms with van der Waals surface area (Å²) in [6, 6.07) is 20.9. The Hall–Kier alpha value is -4.13. The number of hydrogen-bond acceptors (Lipinski definition) is 5. The molecule has 33 heavy (non-hydrogen) atoms. The van der Waals surface area contributed by atoms with Crippen LogP contribution in [0.25, 0.3) is 0 Å². The third kappa shape index (κ3) is 4.87. The topological polar surface area (TPSA) is 92.8 Å². The molecule has 0 aliphatic carbocycles. The van der Waals surface area contributed by atoms with Gasteiger partial charge >= 0.3 is 0 Å². The zero-order chi connectivity index (χ0) is 23.4. The number of carboxylic acid groups (broad SMARTS) is 1. The van der Waals surface area contributed by atoms with Crippen molar-refractivity contribution in [2.45, 2.75) is 6.92 Å². The van der Waals surface area contributed by atoms with Crippen LogP contribution in [0.2, 0.25) is 0 Å². The summed E-state index contributed by atoms with van der Waals surface area (Å²) in [7, 11) is 0. The molecular weight excluding hydrogens is 418 g/mol. The third-order valence-electron chi connectivity index (χ3n) is 5.76. The first kappa shape index (κ1) is 22.1. The van der Waals surface area contributed by atoms with Gasteiger partial charge in [-0.1, -0.05) is 48.0 Å². The van der Waals surface area contributed by atoms with Crippen LogP contribution in [0.15, 0.2) is 72.8 Å². The van der Waals surface area contributed by atoms with E-state index in [1.165, 1.54) is 23.8 Å². The SMILES string of the molecule is Cc1ccc(N2CCN(C(=O)c3ccccc3NC(=O)c3ccccc3C(=O)[O-])CC2)cc1. The molecule has 0 spiro atoms. The lowest BCUT2D eigenvalue weighted by atomic mass is 10.1. The fourth-order valence-electron chi connectivity index (χ4n) is 3.92. The van der Waals surface area contributed by atoms with Gasteiger partial charge in [-0.25, -0.2) is 0 Å². The van der Waals surface area contributed by atoms with Crippen molar-refractivity contribution in [1.82, 2.24) is 4.90 Å². The lowest BCUT2D eigenvalue weighted by molar-refractivity contribution is -0.255. The molecule has 0 bridgehead atoms. The van der Waals surface area contributed by atoms with Crippen molar-refractivity contribution in [3.63, 3.8) is 0 Å². The molecule has 4 rings (SSSR count). The van der Waals surface area contributed by atoms with E-state index < -0.39 is 11.9 Å². The number of hydrogen-bond donors (Lipinski definition) is 1. The van der Waals surface area contributed by atoms with Crippen molar-refractivity contribution in [1.29, 1.82) is 0 Å². The fourth-order valence-corrected chi connectivity index (χ4v) is 3.92. The fraction of sp³-hybridized carbons (Fsp3) is 0.192. The number of aromatic carboxylic acids is 1. The summed E-state index contributed by atoms with van der Waals surface area (Å²) in [5.41, 5.74) is 2.81. The normalized spacial score (nSPS) is 13.5. The molecule has 0 unspecified atom stereocenters. The highest BCUT2D eigenvalue weighted by molar-refractivity contribution is 6.12. The maximum atomic E-state index is 13.3. The first-order valence-corrected chi connectivity index (χ1v) is 10.8. The molecule has 1 fully saturated rings. The smallest absolute Gasteiger partial charge is 0.256 e. The number of nitrogens with zero attached hydrogens (tertiary/aromatic N) is 2. The molecular formula is C26H24N3O4-. The van der Waals surface area contributed by atoms with Crippen LogP contribution in [-0.4, -0.2) is 48.9 Å². The predicted octanol–water partition coefficient (Wildman–Crippen LogP) is 2.57. The predicted molar refractivity (Wildman–Crippen MR) is 124 cm³/mol. The van der Waals surface area contributed by atoms with Gasteiger partial charge in [0.1, 0.15) is 0 Å². The van der Waals surface area contributed by atoms with Crippen LogP contribution in [0.5, 0.6) is 0 Å². The number of piperazine rings is 1. The number of para-hydroxylation sites is 1. The summed E-state index contributed by atoms with van der Waals surface area (Å²) in [6.07, 6.45) is 0. The molecule has 7 heteroatoms. The number of carbonyl (C=O) groups is 3. The van der Waals surface area contributed by atoms with Crippen molar-refractivity contribution in [2.24, 2.45) is 0 Å². The summed E-state index contributed by atoms with van der Waals surface area (Å²) in [6.45, 7) is 4.59. The highest BCUT2D eigenvalue weighted by atomic mass is 16.4. The second-order valence-corrected chi connectivity index (χ2v) is 7.95. The number of rotatable bonds is 5. The molecule has 1 aliphatic rings. The van der Waals surface area contributed by atoms with E-state index in [2.05, 4.69) is 34.5 Å². The molecule has 0 aromatic heterocycles. The van der Waals surface area contributed by atoms with Gasteiger partial charge in [0.15, 0.2) is 0 Å². The highest BCUT2D eigenvalue weighted by Crippen LogP contribution is 2.22. The van der Waals surface area contributed by atoms with Gasteiger partial charge in [0, 0.05) is 43.0 Å². The van der Waals surface area contributed by atoms with Gasteiger partial charge in [-0.15, -0.1) is 0 Å². The van der Waals surface area contributed by atoms with Crippen LogP contribution in [0.1, 0.15) is 36.6 Å². The minimum atomic E-state index is -1.43. The van der Waals surface area contributed by atoms with Gasteiger partial charge in [0.25, 0.3) is 11.8 Å². The number of nitrogens with one attached hydrogen (secondary N) is 1. The summed E-state index contributed by atoms with van der Waals surface area (Å²) in [4.78, 5) is 41.4. The summed E-state index contributed by atoms with van der Waals surface area (Å²) in [5.74, 6) is -2.22. The molecule has 1 saturated heterocycles. The quantitative estimate of drug-likeness (QED) is 0.656. The summed E-state index contributed by atoms with van der Waals surface area (Å²) < 4.78 is 0. The van der Waals surface area contributed by atoms with Crippen LogP contribution in [0.4, 0.5) is 11.4 Å². The molecule has 0 atom stereocenters. The standard InChI is InChI=1S/C26H25N3O4/c1-18-10-12-19(13-11-18)28-14-16-29(17-15-28)25(31)22-8-4-5-9-23(22)27-24(30)20-6-2-3-7-21(20)26(32)33/h2-13H,14-17H2,1H3,(H,27,30)(H,32,33)/p-1. The first-order valence-electron chi connectivity index (χ1n) is 10.8. The second kappa shape index (κ2) is 9.56. The molecule has 168 valence electrons. The average molecular weight is 442 g/mol. The van der Waals surface area contributed by atoms with E-state index in [0.29, 0.717) is 37.4 Å². The van der Waals surface area contributed by atoms with E-state index in [1.807, 2.05) is 6.92 Å². The summed E-state index contributed by atoms with van der Waals surface area (Å²) in [5, 5.41) is 14.0. The highest BCUT2D eigenvalue weighted by Gasteiger charge is 2.24. The van der Waals surface area contributed by atoms with Crippen LogP contribution in [0, 0.1) is 6.92 Å². The number of anilines is 2. The third-order valence-corrected chi connectivity index (χ3v) is 5.76. The second-order valence-electron chi connectivity index (χ2n) is 7.95. The monoisotopic (exact) mass is 442 g/mol. The first-order chi connectivity index (χ1) is 15.9. The van der Waals surface area contributed by atoms with Crippen molar-refractivity contribution in [3.05, 3.63) is 95.1 Å². The Morgan fingerprint density at radius 2 is 1.33 bits per heavy atom. The lowest BCUT2D eigenvalue weighted by Gasteiger charge is -2.36. The molecule has 1 N–H and O–H groups in total. The maximum Gasteiger partial charge on any atom is 0.256 e. The number of carbonyl (C=O) groups excluding carboxylic acids is 3. The molecule has 1 aliphatic heterocycles. The van der Waals surface area contributed by atoms with E-state index in [-0.39, 0.29) is 17.0 Å². The minimum Gasteiger partial charge on any atom is -0.545 e. The molecule has 2 amide bonds. The Labute approximate surface area is 192 Å². The number of benzene rings is 3. The lowest BCUT2D eigenvalue weighted by Crippen LogP contribution is -2.49. The maximum absolute atomic E-state index is 13.3. The van der Waals surface area contributed by atoms with Gasteiger partial charge in [0.2, 0.25) is 0 Å². The number of amides is 2. The minimum absolute atomic E-state index is 0.0218. The van der Waals surface area contributed by atoms with E-state index in [1.54, 1.807) is 35.2 Å². The van der Waals surface area contributed by atoms with Crippen LogP contribution < -0.4 is 15.3 Å². The van der Waals surface area contributed by atoms with E-state index in [4.69, 9.17) is 0 Å². The Morgan fingerprint density at radius 3 is 1.97 bits per heavy atom. The Morgan fingerprint density at radius 1 is 0.758 bits per heavy atom. The molecule has 0 saturated carbocycles. The van der Waals surface area contributed by atoms with Gasteiger partial charge in [-0.2, -0.15) is 0 Å². The molecule has 0 radical (unpaired) electrons. The van der Waals surface area contributed by atoms with Crippen molar-refractivity contribution in [2.75, 3.05) is 36.4 Å². The molecule has 3 aromatic rings. The zero-order valence-electron chi connectivity index (χ0n) is 18.3. The van der Waals surface area contributed by atoms with Crippen molar-refractivity contribution >= 4 is 29.2 Å². The van der Waals surface area contributed by atoms with Gasteiger partial charge in [-0.05, 0) is 37.3 Å². The van der Waals surface area contributed by atoms with Crippen LogP contribution in [-0.2, 0) is 0 Å². The van der Waals surface area contributed by atoms with Gasteiger partial charge in [-0.3, -0.25) is 9.59 Å². The Balaban J connectivity index is 1.47. The molecule has 1 heterocycles. The van der Waals surface area contributed by atoms with Gasteiger partial charge in [0.05, 0.1) is 17.2 Å². The van der Waals surface area contributed by atoms with Gasteiger partial charge < -0.3 is 25.0 Å². The van der Waals surface area contributed by atoms with Crippen molar-refractivity contribution < 1.29 is 19.5 Å². The Bertz CT molecular complexity index is 1180. The molecule has 7 nitrogen and oxygen atoms in total. The number of carboxylic acids is 1. The zero-order valence-corrected chi connectivity index (χ0v) is 18.3. The number of aryl methyl sites for hydroxylation is 1. The van der Waals surface area contributed by atoms with E-state index in [9.17, 15) is 19.5 Å².